The number of aromatic amines is 2. The number of hydrogen-bond acceptors (Lipinski definition) is 6. The maximum Gasteiger partial charge on any atom is 0.169 e. The Morgan fingerprint density at radius 1 is 0.448 bits per heavy atom. The number of carbonyl (C=O) groups is 2. The SMILES string of the molecule is C=C(C)C1C=CC(F)=CC1.CC(C)[Si](C(C)C)(C(C)C)n1cc(C2=CCN(C)CC2)c2cc(Br)ccc21.CC(C)[Si](C(C)C)(C(C)C)n1cc(C2=CCN(C)CC2)c2cc(CC(=O)c3ccc(F)cc3)ccc21.CN1CC=C(c2c[nH]c3ccc(Br)cc23)CC1.CN1CC=C(c2c[nH]c3ccc(CC(=O)c4ccc(F)cc4)cc23)CC1. The van der Waals surface area contributed by atoms with Gasteiger partial charge in [0.2, 0.25) is 0 Å². The second-order valence-corrected chi connectivity index (χ2v) is 48.1. The molecule has 116 heavy (non-hydrogen) atoms. The van der Waals surface area contributed by atoms with Gasteiger partial charge in [-0.25, -0.2) is 13.2 Å². The lowest BCUT2D eigenvalue weighted by molar-refractivity contribution is 0.0984. The van der Waals surface area contributed by atoms with Crippen molar-refractivity contribution in [3.63, 3.8) is 0 Å². The Hall–Kier alpha value is -7.98. The van der Waals surface area contributed by atoms with E-state index in [0.717, 1.165) is 117 Å². The smallest absolute Gasteiger partial charge is 0.169 e. The molecule has 4 aromatic heterocycles. The summed E-state index contributed by atoms with van der Waals surface area (Å²) in [6.45, 7) is 43.3. The zero-order valence-electron chi connectivity index (χ0n) is 71.6. The molecule has 5 aliphatic rings. The number of nitrogens with one attached hydrogen (secondary N) is 2. The zero-order chi connectivity index (χ0) is 83.6. The minimum Gasteiger partial charge on any atom is -0.373 e. The molecule has 17 heteroatoms. The highest BCUT2D eigenvalue weighted by atomic mass is 79.9. The minimum atomic E-state index is -1.96. The molecular formula is C99H123Br2F3N8O2Si2. The van der Waals surface area contributed by atoms with Gasteiger partial charge < -0.3 is 38.0 Å². The van der Waals surface area contributed by atoms with E-state index in [-0.39, 0.29) is 29.0 Å². The van der Waals surface area contributed by atoms with Gasteiger partial charge in [0, 0.05) is 182 Å². The fourth-order valence-electron chi connectivity index (χ4n) is 19.2. The molecule has 6 aromatic carbocycles. The number of Topliss-reactive ketones (excluding diaryl/α,β-unsaturated/α-hetero) is 2. The first kappa shape index (κ1) is 88.8. The summed E-state index contributed by atoms with van der Waals surface area (Å²) in [7, 11) is 4.94. The predicted molar refractivity (Wildman–Crippen MR) is 499 cm³/mol. The van der Waals surface area contributed by atoms with Gasteiger partial charge in [0.1, 0.15) is 17.5 Å². The van der Waals surface area contributed by atoms with Crippen LogP contribution < -0.4 is 0 Å². The lowest BCUT2D eigenvalue weighted by Gasteiger charge is -2.44. The quantitative estimate of drug-likeness (QED) is 0.0476. The molecule has 15 rings (SSSR count). The molecule has 8 heterocycles. The molecule has 0 radical (unpaired) electrons. The number of likely N-dealkylation sites (N-methyl/N-ethyl adjacent to an activating group) is 4. The average molecular weight is 1730 g/mol. The predicted octanol–water partition coefficient (Wildman–Crippen LogP) is 26.2. The topological polar surface area (TPSA) is 88.5 Å². The third-order valence-electron chi connectivity index (χ3n) is 25.2. The lowest BCUT2D eigenvalue weighted by atomic mass is 9.94. The molecule has 2 N–H and O–H groups in total. The summed E-state index contributed by atoms with van der Waals surface area (Å²) in [4.78, 5) is 41.5. The Labute approximate surface area is 707 Å². The summed E-state index contributed by atoms with van der Waals surface area (Å²) in [6, 6.07) is 37.6. The van der Waals surface area contributed by atoms with Crippen molar-refractivity contribution in [2.45, 2.75) is 168 Å². The normalized spacial score (nSPS) is 16.7. The van der Waals surface area contributed by atoms with Gasteiger partial charge in [-0.1, -0.05) is 170 Å². The van der Waals surface area contributed by atoms with Gasteiger partial charge in [-0.15, -0.1) is 0 Å². The summed E-state index contributed by atoms with van der Waals surface area (Å²) in [5, 5.41) is 5.15. The van der Waals surface area contributed by atoms with Crippen LogP contribution in [0.5, 0.6) is 0 Å². The van der Waals surface area contributed by atoms with E-state index in [1.807, 2.05) is 25.1 Å². The van der Waals surface area contributed by atoms with Gasteiger partial charge in [0.25, 0.3) is 0 Å². The van der Waals surface area contributed by atoms with Crippen LogP contribution in [0.2, 0.25) is 33.2 Å². The number of rotatable bonds is 19. The van der Waals surface area contributed by atoms with Crippen molar-refractivity contribution in [3.8, 4) is 0 Å². The molecule has 4 aliphatic heterocycles. The van der Waals surface area contributed by atoms with Crippen molar-refractivity contribution in [2.75, 3.05) is 80.5 Å². The van der Waals surface area contributed by atoms with Gasteiger partial charge in [0.15, 0.2) is 28.0 Å². The van der Waals surface area contributed by atoms with E-state index in [2.05, 4.69) is 298 Å². The molecule has 0 saturated carbocycles. The number of aromatic nitrogens is 4. The van der Waals surface area contributed by atoms with E-state index in [1.54, 1.807) is 30.3 Å². The standard InChI is InChI=1S/C31H41FN2OSi.C23H35BrN2Si.C22H21FN2O.C14H15BrN2.C9H11F/c1-21(2)36(22(3)4,23(5)6)34-20-29(25-14-16-33(7)17-15-25)28-18-24(8-13-30(28)34)19-31(35)26-9-11-27(32)12-10-26;1-16(2)27(17(3)4,18(5)6)26-15-22(19-10-12-25(7)13-11-19)21-14-20(24)8-9-23(21)26;1-25-10-8-16(9-11-25)20-14-24-21-7-2-15(12-19(20)21)13-22(26)17-3-5-18(23)6-4-17;1-17-6-4-10(5-7-17)13-9-16-14-3-2-11(15)8-12(13)14;1-7(2)8-3-5-9(10)6-4-8/h8-14,18,20-23H,15-17,19H2,1-7H3;8-10,14-18H,11-13H2,1-7H3;2-8,12,14,24H,9-11,13H2,1H3;2-4,8-9,16H,5-7H2,1H3;3,5-6,8H,1,4H2,2H3. The maximum atomic E-state index is 13.3. The summed E-state index contributed by atoms with van der Waals surface area (Å²) >= 11 is 7.26. The number of hydrogen-bond donors (Lipinski definition) is 2. The molecule has 1 unspecified atom stereocenters. The summed E-state index contributed by atoms with van der Waals surface area (Å²) < 4.78 is 46.5. The highest BCUT2D eigenvalue weighted by molar-refractivity contribution is 9.10. The van der Waals surface area contributed by atoms with Gasteiger partial charge in [-0.3, -0.25) is 9.59 Å². The Kier molecular flexibility index (Phi) is 30.1. The minimum absolute atomic E-state index is 0.0000533. The third-order valence-corrected chi connectivity index (χ3v) is 39.7. The van der Waals surface area contributed by atoms with Crippen LogP contribution in [0.15, 0.2) is 216 Å². The van der Waals surface area contributed by atoms with E-state index in [0.29, 0.717) is 63.1 Å². The molecule has 10 nitrogen and oxygen atoms in total. The first-order chi connectivity index (χ1) is 55.3. The van der Waals surface area contributed by atoms with Gasteiger partial charge in [-0.05, 0) is 255 Å². The summed E-state index contributed by atoms with van der Waals surface area (Å²) in [6.07, 6.45) is 29.3. The zero-order valence-corrected chi connectivity index (χ0v) is 76.8. The monoisotopic (exact) mass is 1730 g/mol. The second kappa shape index (κ2) is 39.3. The number of allylic oxidation sites excluding steroid dienone is 5. The molecule has 0 bridgehead atoms. The molecule has 0 fully saturated rings. The maximum absolute atomic E-state index is 13.3. The molecule has 0 saturated heterocycles. The van der Waals surface area contributed by atoms with Gasteiger partial charge in [-0.2, -0.15) is 0 Å². The molecule has 10 aromatic rings. The molecule has 1 aliphatic carbocycles. The van der Waals surface area contributed by atoms with Crippen LogP contribution in [0.1, 0.15) is 176 Å². The highest BCUT2D eigenvalue weighted by Crippen LogP contribution is 2.49. The number of H-pyrrole nitrogens is 2. The Balaban J connectivity index is 0.000000149. The number of fused-ring (bicyclic) bond motifs is 4. The van der Waals surface area contributed by atoms with Crippen LogP contribution in [0.25, 0.3) is 65.9 Å². The Morgan fingerprint density at radius 3 is 1.15 bits per heavy atom. The van der Waals surface area contributed by atoms with Gasteiger partial charge in [0.05, 0.1) is 0 Å². The fourth-order valence-corrected chi connectivity index (χ4v) is 33.2. The van der Waals surface area contributed by atoms with Crippen LogP contribution in [0, 0.1) is 17.6 Å². The lowest BCUT2D eigenvalue weighted by Crippen LogP contribution is -2.51. The van der Waals surface area contributed by atoms with Crippen LogP contribution in [-0.4, -0.2) is 147 Å². The number of ketones is 2. The van der Waals surface area contributed by atoms with Crippen molar-refractivity contribution < 1.29 is 22.8 Å². The van der Waals surface area contributed by atoms with Crippen molar-refractivity contribution in [1.29, 1.82) is 0 Å². The number of carbonyl (C=O) groups excluding carboxylic acids is 2. The third kappa shape index (κ3) is 20.3. The Bertz CT molecular complexity index is 5290. The fraction of sp³-hybridized carbons (Fsp3) is 0.394. The number of benzene rings is 6. The van der Waals surface area contributed by atoms with Crippen LogP contribution in [-0.2, 0) is 12.8 Å². The second-order valence-electron chi connectivity index (χ2n) is 34.8. The summed E-state index contributed by atoms with van der Waals surface area (Å²) in [5.41, 5.74) is 24.2. The van der Waals surface area contributed by atoms with E-state index in [4.69, 9.17) is 0 Å². The number of halogens is 5. The van der Waals surface area contributed by atoms with E-state index < -0.39 is 16.5 Å². The van der Waals surface area contributed by atoms with Crippen molar-refractivity contribution in [2.24, 2.45) is 5.92 Å². The molecular weight excluding hydrogens is 1610 g/mol. The van der Waals surface area contributed by atoms with E-state index in [1.165, 1.54) is 112 Å². The van der Waals surface area contributed by atoms with Crippen LogP contribution in [0.4, 0.5) is 13.2 Å². The van der Waals surface area contributed by atoms with Crippen molar-refractivity contribution >= 4 is 126 Å². The Morgan fingerprint density at radius 2 is 0.784 bits per heavy atom. The molecule has 614 valence electrons. The van der Waals surface area contributed by atoms with Crippen molar-refractivity contribution in [1.82, 2.24) is 38.0 Å². The van der Waals surface area contributed by atoms with Gasteiger partial charge >= 0.3 is 0 Å². The number of nitrogens with zero attached hydrogens (tertiary/aromatic N) is 6. The van der Waals surface area contributed by atoms with E-state index in [9.17, 15) is 22.8 Å². The molecule has 1 atom stereocenters. The van der Waals surface area contributed by atoms with Crippen LogP contribution >= 0.6 is 31.9 Å². The van der Waals surface area contributed by atoms with Crippen molar-refractivity contribution in [3.05, 3.63) is 272 Å². The summed E-state index contributed by atoms with van der Waals surface area (Å²) in [5.74, 6) is -0.411. The van der Waals surface area contributed by atoms with E-state index >= 15 is 0 Å². The van der Waals surface area contributed by atoms with Crippen LogP contribution in [0.3, 0.4) is 0 Å². The first-order valence-electron chi connectivity index (χ1n) is 41.9. The average Bonchev–Trinajstić information content (AvgIpc) is 1.55. The molecule has 0 spiro atoms. The molecule has 0 amide bonds. The first-order valence-corrected chi connectivity index (χ1v) is 47.8. The largest absolute Gasteiger partial charge is 0.373 e. The highest BCUT2D eigenvalue weighted by Gasteiger charge is 2.48.